The predicted molar refractivity (Wildman–Crippen MR) is 75.2 cm³/mol. The van der Waals surface area contributed by atoms with E-state index in [2.05, 4.69) is 51.4 Å². The lowest BCUT2D eigenvalue weighted by Gasteiger charge is -2.17. The minimum Gasteiger partial charge on any atom is -0.377 e. The molecule has 2 aromatic rings. The van der Waals surface area contributed by atoms with Crippen LogP contribution in [0.2, 0.25) is 0 Å². The van der Waals surface area contributed by atoms with E-state index in [1.807, 2.05) is 31.5 Å². The van der Waals surface area contributed by atoms with Gasteiger partial charge in [-0.05, 0) is 37.1 Å². The van der Waals surface area contributed by atoms with Gasteiger partial charge in [-0.15, -0.1) is 0 Å². The number of benzene rings is 1. The van der Waals surface area contributed by atoms with Gasteiger partial charge in [0.2, 0.25) is 0 Å². The maximum Gasteiger partial charge on any atom is 0.0534 e. The van der Waals surface area contributed by atoms with E-state index in [9.17, 15) is 0 Å². The van der Waals surface area contributed by atoms with Crippen LogP contribution in [0.3, 0.4) is 0 Å². The second-order valence-electron chi connectivity index (χ2n) is 4.14. The highest BCUT2D eigenvalue weighted by Crippen LogP contribution is 2.25. The summed E-state index contributed by atoms with van der Waals surface area (Å²) in [6.07, 6.45) is 3.70. The number of hydrogen-bond acceptors (Lipinski definition) is 2. The van der Waals surface area contributed by atoms with E-state index >= 15 is 0 Å². The molecule has 2 nitrogen and oxygen atoms in total. The molecule has 0 radical (unpaired) electrons. The van der Waals surface area contributed by atoms with Crippen LogP contribution in [0.5, 0.6) is 0 Å². The summed E-state index contributed by atoms with van der Waals surface area (Å²) in [5.74, 6) is 0. The van der Waals surface area contributed by atoms with E-state index in [0.717, 1.165) is 15.7 Å². The van der Waals surface area contributed by atoms with Gasteiger partial charge in [0.15, 0.2) is 0 Å². The molecule has 0 saturated carbocycles. The lowest BCUT2D eigenvalue weighted by atomic mass is 10.1. The van der Waals surface area contributed by atoms with Crippen LogP contribution in [-0.2, 0) is 0 Å². The lowest BCUT2D eigenvalue weighted by molar-refractivity contribution is 0.876. The van der Waals surface area contributed by atoms with Crippen LogP contribution in [0.4, 0.5) is 5.69 Å². The van der Waals surface area contributed by atoms with Gasteiger partial charge in [0.1, 0.15) is 0 Å². The summed E-state index contributed by atoms with van der Waals surface area (Å²) in [7, 11) is 0. The molecule has 2 rings (SSSR count). The summed E-state index contributed by atoms with van der Waals surface area (Å²) in [5, 5.41) is 3.45. The Balaban J connectivity index is 2.17. The highest BCUT2D eigenvalue weighted by Gasteiger charge is 2.08. The fraction of sp³-hybridized carbons (Fsp3) is 0.214. The Bertz CT molecular complexity index is 511. The number of nitrogens with zero attached hydrogens (tertiary/aromatic N) is 1. The third-order valence-corrected chi connectivity index (χ3v) is 3.35. The topological polar surface area (TPSA) is 24.9 Å². The molecule has 1 aromatic carbocycles. The molecular weight excluding hydrogens is 276 g/mol. The van der Waals surface area contributed by atoms with Crippen LogP contribution in [0.1, 0.15) is 24.1 Å². The van der Waals surface area contributed by atoms with Crippen LogP contribution in [0.15, 0.2) is 47.2 Å². The Hall–Kier alpha value is -1.35. The standard InChI is InChI=1S/C14H15BrN2/c1-10-7-12(9-16-8-10)17-11(2)13-5-3-4-6-14(13)15/h3-9,11,17H,1-2H3. The van der Waals surface area contributed by atoms with Crippen molar-refractivity contribution in [1.29, 1.82) is 0 Å². The van der Waals surface area contributed by atoms with E-state index in [1.165, 1.54) is 5.56 Å². The average Bonchev–Trinajstić information content (AvgIpc) is 2.29. The van der Waals surface area contributed by atoms with Crippen molar-refractivity contribution in [2.45, 2.75) is 19.9 Å². The molecule has 0 aliphatic rings. The van der Waals surface area contributed by atoms with Crippen molar-refractivity contribution < 1.29 is 0 Å². The van der Waals surface area contributed by atoms with Gasteiger partial charge in [0.25, 0.3) is 0 Å². The molecule has 1 unspecified atom stereocenters. The average molecular weight is 291 g/mol. The van der Waals surface area contributed by atoms with Crippen molar-refractivity contribution in [3.8, 4) is 0 Å². The molecule has 0 bridgehead atoms. The van der Waals surface area contributed by atoms with Gasteiger partial charge in [-0.3, -0.25) is 4.98 Å². The molecule has 0 amide bonds. The van der Waals surface area contributed by atoms with Crippen LogP contribution >= 0.6 is 15.9 Å². The van der Waals surface area contributed by atoms with Crippen LogP contribution < -0.4 is 5.32 Å². The van der Waals surface area contributed by atoms with Crippen LogP contribution in [0, 0.1) is 6.92 Å². The monoisotopic (exact) mass is 290 g/mol. The molecule has 0 aliphatic carbocycles. The molecule has 3 heteroatoms. The first-order chi connectivity index (χ1) is 8.16. The summed E-state index contributed by atoms with van der Waals surface area (Å²) >= 11 is 3.57. The first-order valence-corrected chi connectivity index (χ1v) is 6.39. The second kappa shape index (κ2) is 5.32. The summed E-state index contributed by atoms with van der Waals surface area (Å²) in [5.41, 5.74) is 3.46. The largest absolute Gasteiger partial charge is 0.377 e. The number of aryl methyl sites for hydroxylation is 1. The molecule has 0 spiro atoms. The molecule has 0 saturated heterocycles. The number of nitrogens with one attached hydrogen (secondary N) is 1. The number of halogens is 1. The summed E-state index contributed by atoms with van der Waals surface area (Å²) in [6, 6.07) is 10.6. The Morgan fingerprint density at radius 3 is 2.71 bits per heavy atom. The summed E-state index contributed by atoms with van der Waals surface area (Å²) < 4.78 is 1.13. The Kier molecular flexibility index (Phi) is 3.79. The van der Waals surface area contributed by atoms with Crippen molar-refractivity contribution >= 4 is 21.6 Å². The zero-order chi connectivity index (χ0) is 12.3. The van der Waals surface area contributed by atoms with E-state index in [-0.39, 0.29) is 6.04 Å². The molecule has 88 valence electrons. The summed E-state index contributed by atoms with van der Waals surface area (Å²) in [4.78, 5) is 4.18. The highest BCUT2D eigenvalue weighted by molar-refractivity contribution is 9.10. The Morgan fingerprint density at radius 1 is 1.24 bits per heavy atom. The molecule has 0 aliphatic heterocycles. The van der Waals surface area contributed by atoms with Crippen molar-refractivity contribution in [3.05, 3.63) is 58.3 Å². The maximum absolute atomic E-state index is 4.18. The zero-order valence-corrected chi connectivity index (χ0v) is 11.5. The number of pyridine rings is 1. The normalized spacial score (nSPS) is 12.2. The van der Waals surface area contributed by atoms with Crippen molar-refractivity contribution in [1.82, 2.24) is 4.98 Å². The van der Waals surface area contributed by atoms with Gasteiger partial charge in [-0.1, -0.05) is 34.1 Å². The van der Waals surface area contributed by atoms with Crippen LogP contribution in [-0.4, -0.2) is 4.98 Å². The van der Waals surface area contributed by atoms with Gasteiger partial charge in [-0.25, -0.2) is 0 Å². The summed E-state index contributed by atoms with van der Waals surface area (Å²) in [6.45, 7) is 4.18. The van der Waals surface area contributed by atoms with Crippen molar-refractivity contribution in [2.24, 2.45) is 0 Å². The third kappa shape index (κ3) is 3.07. The lowest BCUT2D eigenvalue weighted by Crippen LogP contribution is -2.07. The minimum atomic E-state index is 0.245. The molecule has 1 atom stereocenters. The van der Waals surface area contributed by atoms with E-state index in [4.69, 9.17) is 0 Å². The maximum atomic E-state index is 4.18. The van der Waals surface area contributed by atoms with Gasteiger partial charge in [0.05, 0.1) is 5.69 Å². The van der Waals surface area contributed by atoms with Crippen molar-refractivity contribution in [3.63, 3.8) is 0 Å². The zero-order valence-electron chi connectivity index (χ0n) is 9.94. The van der Waals surface area contributed by atoms with Gasteiger partial charge in [-0.2, -0.15) is 0 Å². The molecular formula is C14H15BrN2. The molecule has 0 fully saturated rings. The van der Waals surface area contributed by atoms with Gasteiger partial charge in [0, 0.05) is 22.9 Å². The number of aromatic nitrogens is 1. The first kappa shape index (κ1) is 12.1. The van der Waals surface area contributed by atoms with Crippen molar-refractivity contribution in [2.75, 3.05) is 5.32 Å². The minimum absolute atomic E-state index is 0.245. The molecule has 1 aromatic heterocycles. The van der Waals surface area contributed by atoms with E-state index in [1.54, 1.807) is 0 Å². The Labute approximate surface area is 110 Å². The number of hydrogen-bond donors (Lipinski definition) is 1. The molecule has 1 heterocycles. The first-order valence-electron chi connectivity index (χ1n) is 5.59. The smallest absolute Gasteiger partial charge is 0.0534 e. The van der Waals surface area contributed by atoms with E-state index < -0.39 is 0 Å². The van der Waals surface area contributed by atoms with Crippen LogP contribution in [0.25, 0.3) is 0 Å². The third-order valence-electron chi connectivity index (χ3n) is 2.63. The fourth-order valence-corrected chi connectivity index (χ4v) is 2.42. The number of rotatable bonds is 3. The second-order valence-corrected chi connectivity index (χ2v) is 4.99. The van der Waals surface area contributed by atoms with E-state index in [0.29, 0.717) is 0 Å². The van der Waals surface area contributed by atoms with Gasteiger partial charge >= 0.3 is 0 Å². The highest BCUT2D eigenvalue weighted by atomic mass is 79.9. The SMILES string of the molecule is Cc1cncc(NC(C)c2ccccc2Br)c1. The predicted octanol–water partition coefficient (Wildman–Crippen LogP) is 4.33. The molecule has 17 heavy (non-hydrogen) atoms. The molecule has 1 N–H and O–H groups in total. The fourth-order valence-electron chi connectivity index (χ4n) is 1.79. The number of anilines is 1. The van der Waals surface area contributed by atoms with Gasteiger partial charge < -0.3 is 5.32 Å². The Morgan fingerprint density at radius 2 is 2.00 bits per heavy atom. The quantitative estimate of drug-likeness (QED) is 0.910.